The molecule has 25 heavy (non-hydrogen) atoms. The predicted octanol–water partition coefficient (Wildman–Crippen LogP) is 3.39. The molecule has 0 spiro atoms. The summed E-state index contributed by atoms with van der Waals surface area (Å²) in [5, 5.41) is 0. The summed E-state index contributed by atoms with van der Waals surface area (Å²) in [6.45, 7) is 8.33. The SMILES string of the molecule is COc1nccc2c1C(c1cc(C(=O)OC(C)C)n(C(C)C)c1)=NC2. The molecular weight excluding hydrogens is 318 g/mol. The van der Waals surface area contributed by atoms with Crippen molar-refractivity contribution in [3.8, 4) is 5.88 Å². The number of hydrogen-bond donors (Lipinski definition) is 0. The molecule has 3 heterocycles. The van der Waals surface area contributed by atoms with Crippen molar-refractivity contribution in [3.63, 3.8) is 0 Å². The summed E-state index contributed by atoms with van der Waals surface area (Å²) in [6, 6.07) is 3.91. The summed E-state index contributed by atoms with van der Waals surface area (Å²) in [7, 11) is 1.60. The summed E-state index contributed by atoms with van der Waals surface area (Å²) in [6.07, 6.45) is 3.50. The van der Waals surface area contributed by atoms with Crippen LogP contribution in [0, 0.1) is 0 Å². The molecule has 0 saturated heterocycles. The molecule has 1 aliphatic heterocycles. The lowest BCUT2D eigenvalue weighted by atomic mass is 10.0. The fourth-order valence-corrected chi connectivity index (χ4v) is 2.97. The van der Waals surface area contributed by atoms with E-state index in [4.69, 9.17) is 9.47 Å². The molecule has 0 aromatic carbocycles. The highest BCUT2D eigenvalue weighted by Crippen LogP contribution is 2.30. The molecular formula is C19H23N3O3. The highest BCUT2D eigenvalue weighted by atomic mass is 16.5. The van der Waals surface area contributed by atoms with E-state index in [0.717, 1.165) is 22.4 Å². The zero-order valence-electron chi connectivity index (χ0n) is 15.2. The number of ether oxygens (including phenoxy) is 2. The van der Waals surface area contributed by atoms with Crippen LogP contribution in [0.1, 0.15) is 60.9 Å². The number of carbonyl (C=O) groups is 1. The van der Waals surface area contributed by atoms with Crippen LogP contribution in [-0.4, -0.2) is 34.4 Å². The molecule has 0 fully saturated rings. The predicted molar refractivity (Wildman–Crippen MR) is 95.5 cm³/mol. The van der Waals surface area contributed by atoms with Crippen LogP contribution in [0.3, 0.4) is 0 Å². The molecule has 6 heteroatoms. The third-order valence-electron chi connectivity index (χ3n) is 4.07. The second kappa shape index (κ2) is 6.70. The molecule has 6 nitrogen and oxygen atoms in total. The van der Waals surface area contributed by atoms with Gasteiger partial charge in [-0.1, -0.05) is 0 Å². The average Bonchev–Trinajstić information content (AvgIpc) is 3.17. The minimum absolute atomic E-state index is 0.126. The maximum absolute atomic E-state index is 12.5. The quantitative estimate of drug-likeness (QED) is 0.782. The Hall–Kier alpha value is -2.63. The van der Waals surface area contributed by atoms with E-state index in [1.54, 1.807) is 13.3 Å². The number of esters is 1. The van der Waals surface area contributed by atoms with Gasteiger partial charge in [-0.2, -0.15) is 0 Å². The third kappa shape index (κ3) is 3.16. The molecule has 0 N–H and O–H groups in total. The number of hydrogen-bond acceptors (Lipinski definition) is 5. The normalized spacial score (nSPS) is 13.2. The monoisotopic (exact) mass is 341 g/mol. The Kier molecular flexibility index (Phi) is 4.61. The lowest BCUT2D eigenvalue weighted by molar-refractivity contribution is 0.0363. The number of rotatable bonds is 5. The molecule has 0 saturated carbocycles. The van der Waals surface area contributed by atoms with Crippen LogP contribution < -0.4 is 4.74 Å². The van der Waals surface area contributed by atoms with Crippen LogP contribution in [0.25, 0.3) is 0 Å². The van der Waals surface area contributed by atoms with Crippen LogP contribution in [0.2, 0.25) is 0 Å². The standard InChI is InChI=1S/C19H23N3O3/c1-11(2)22-10-14(8-15(22)19(23)25-12(3)4)17-16-13(9-21-17)6-7-20-18(16)24-5/h6-8,10-12H,9H2,1-5H3. The molecule has 0 aliphatic carbocycles. The van der Waals surface area contributed by atoms with Gasteiger partial charge in [0.2, 0.25) is 5.88 Å². The van der Waals surface area contributed by atoms with E-state index in [-0.39, 0.29) is 18.1 Å². The fourth-order valence-electron chi connectivity index (χ4n) is 2.97. The number of pyridine rings is 1. The Morgan fingerprint density at radius 1 is 1.28 bits per heavy atom. The Bertz CT molecular complexity index is 834. The fraction of sp³-hybridized carbons (Fsp3) is 0.421. The topological polar surface area (TPSA) is 65.7 Å². The molecule has 0 radical (unpaired) electrons. The number of nitrogens with zero attached hydrogens (tertiary/aromatic N) is 3. The van der Waals surface area contributed by atoms with Gasteiger partial charge in [0.05, 0.1) is 31.0 Å². The number of aliphatic imine (C=N–C) groups is 1. The first-order chi connectivity index (χ1) is 11.9. The minimum Gasteiger partial charge on any atom is -0.480 e. The summed E-state index contributed by atoms with van der Waals surface area (Å²) in [5.74, 6) is 0.226. The number of methoxy groups -OCH3 is 1. The van der Waals surface area contributed by atoms with E-state index in [1.165, 1.54) is 0 Å². The van der Waals surface area contributed by atoms with Gasteiger partial charge in [-0.25, -0.2) is 9.78 Å². The maximum Gasteiger partial charge on any atom is 0.355 e. The van der Waals surface area contributed by atoms with Gasteiger partial charge in [0.25, 0.3) is 0 Å². The van der Waals surface area contributed by atoms with Crippen molar-refractivity contribution < 1.29 is 14.3 Å². The van der Waals surface area contributed by atoms with Crippen molar-refractivity contribution in [1.29, 1.82) is 0 Å². The zero-order valence-corrected chi connectivity index (χ0v) is 15.2. The lowest BCUT2D eigenvalue weighted by Gasteiger charge is -2.13. The first kappa shape index (κ1) is 17.2. The van der Waals surface area contributed by atoms with Gasteiger partial charge in [0, 0.05) is 24.0 Å². The van der Waals surface area contributed by atoms with E-state index in [1.807, 2.05) is 50.6 Å². The molecule has 3 rings (SSSR count). The molecule has 2 aromatic rings. The maximum atomic E-state index is 12.5. The Morgan fingerprint density at radius 3 is 2.68 bits per heavy atom. The van der Waals surface area contributed by atoms with Crippen LogP contribution in [0.4, 0.5) is 0 Å². The number of fused-ring (bicyclic) bond motifs is 1. The Morgan fingerprint density at radius 2 is 2.04 bits per heavy atom. The van der Waals surface area contributed by atoms with Crippen LogP contribution >= 0.6 is 0 Å². The summed E-state index contributed by atoms with van der Waals surface area (Å²) in [5.41, 5.74) is 4.17. The van der Waals surface area contributed by atoms with Gasteiger partial charge >= 0.3 is 5.97 Å². The summed E-state index contributed by atoms with van der Waals surface area (Å²) >= 11 is 0. The third-order valence-corrected chi connectivity index (χ3v) is 4.07. The van der Waals surface area contributed by atoms with E-state index in [2.05, 4.69) is 9.98 Å². The van der Waals surface area contributed by atoms with E-state index in [9.17, 15) is 4.79 Å². The Balaban J connectivity index is 2.05. The van der Waals surface area contributed by atoms with Crippen LogP contribution in [-0.2, 0) is 11.3 Å². The summed E-state index contributed by atoms with van der Waals surface area (Å²) < 4.78 is 12.7. The van der Waals surface area contributed by atoms with E-state index >= 15 is 0 Å². The molecule has 0 amide bonds. The highest BCUT2D eigenvalue weighted by molar-refractivity contribution is 6.17. The molecule has 132 valence electrons. The van der Waals surface area contributed by atoms with E-state index < -0.39 is 0 Å². The van der Waals surface area contributed by atoms with Crippen molar-refractivity contribution in [2.75, 3.05) is 7.11 Å². The minimum atomic E-state index is -0.327. The summed E-state index contributed by atoms with van der Waals surface area (Å²) in [4.78, 5) is 21.4. The first-order valence-electron chi connectivity index (χ1n) is 8.42. The number of carbonyl (C=O) groups excluding carboxylic acids is 1. The van der Waals surface area contributed by atoms with Crippen molar-refractivity contribution in [2.45, 2.75) is 46.4 Å². The number of aromatic nitrogens is 2. The van der Waals surface area contributed by atoms with Gasteiger partial charge in [0.1, 0.15) is 5.69 Å². The van der Waals surface area contributed by atoms with Gasteiger partial charge in [-0.05, 0) is 45.4 Å². The smallest absolute Gasteiger partial charge is 0.355 e. The second-order valence-electron chi connectivity index (χ2n) is 6.59. The van der Waals surface area contributed by atoms with Gasteiger partial charge < -0.3 is 14.0 Å². The van der Waals surface area contributed by atoms with Gasteiger partial charge in [-0.3, -0.25) is 4.99 Å². The van der Waals surface area contributed by atoms with E-state index in [0.29, 0.717) is 18.1 Å². The average molecular weight is 341 g/mol. The van der Waals surface area contributed by atoms with Crippen molar-refractivity contribution in [2.24, 2.45) is 4.99 Å². The molecule has 1 aliphatic rings. The molecule has 0 bridgehead atoms. The van der Waals surface area contributed by atoms with Crippen LogP contribution in [0.15, 0.2) is 29.5 Å². The highest BCUT2D eigenvalue weighted by Gasteiger charge is 2.26. The molecule has 0 unspecified atom stereocenters. The second-order valence-corrected chi connectivity index (χ2v) is 6.59. The molecule has 2 aromatic heterocycles. The zero-order chi connectivity index (χ0) is 18.1. The van der Waals surface area contributed by atoms with Crippen molar-refractivity contribution >= 4 is 11.7 Å². The Labute approximate surface area is 147 Å². The lowest BCUT2D eigenvalue weighted by Crippen LogP contribution is -2.16. The van der Waals surface area contributed by atoms with Gasteiger partial charge in [-0.15, -0.1) is 0 Å². The van der Waals surface area contributed by atoms with Gasteiger partial charge in [0.15, 0.2) is 0 Å². The van der Waals surface area contributed by atoms with Crippen molar-refractivity contribution in [1.82, 2.24) is 9.55 Å². The molecule has 0 atom stereocenters. The van der Waals surface area contributed by atoms with Crippen molar-refractivity contribution in [3.05, 3.63) is 46.9 Å². The van der Waals surface area contributed by atoms with Crippen LogP contribution in [0.5, 0.6) is 5.88 Å². The first-order valence-corrected chi connectivity index (χ1v) is 8.42. The largest absolute Gasteiger partial charge is 0.480 e.